The number of allylic oxidation sites excluding steroid dienone is 2. The number of H-pyrrole nitrogens is 1. The second-order valence-electron chi connectivity index (χ2n) is 9.17. The van der Waals surface area contributed by atoms with Gasteiger partial charge < -0.3 is 19.9 Å². The summed E-state index contributed by atoms with van der Waals surface area (Å²) in [6.07, 6.45) is 9.67. The van der Waals surface area contributed by atoms with E-state index < -0.39 is 0 Å². The van der Waals surface area contributed by atoms with E-state index in [1.807, 2.05) is 24.3 Å². The first-order valence-corrected chi connectivity index (χ1v) is 13.1. The number of carbonyl (C=O) groups is 1. The van der Waals surface area contributed by atoms with Gasteiger partial charge in [-0.1, -0.05) is 29.3 Å². The molecule has 1 fully saturated rings. The minimum Gasteiger partial charge on any atom is -0.491 e. The lowest BCUT2D eigenvalue weighted by atomic mass is 10.1. The molecule has 0 bridgehead atoms. The smallest absolute Gasteiger partial charge is 0.286 e. The van der Waals surface area contributed by atoms with Crippen LogP contribution in [-0.4, -0.2) is 71.1 Å². The van der Waals surface area contributed by atoms with E-state index in [0.29, 0.717) is 28.7 Å². The van der Waals surface area contributed by atoms with Crippen LogP contribution in [0, 0.1) is 0 Å². The molecule has 0 aliphatic carbocycles. The van der Waals surface area contributed by atoms with Crippen LogP contribution >= 0.6 is 35.6 Å². The van der Waals surface area contributed by atoms with E-state index in [-0.39, 0.29) is 24.1 Å². The zero-order valence-electron chi connectivity index (χ0n) is 21.7. The quantitative estimate of drug-likeness (QED) is 0.154. The van der Waals surface area contributed by atoms with Gasteiger partial charge in [-0.25, -0.2) is 9.97 Å². The van der Waals surface area contributed by atoms with E-state index in [1.54, 1.807) is 30.6 Å². The van der Waals surface area contributed by atoms with Crippen LogP contribution in [-0.2, 0) is 9.53 Å². The van der Waals surface area contributed by atoms with Gasteiger partial charge in [0.15, 0.2) is 5.76 Å². The van der Waals surface area contributed by atoms with Crippen LogP contribution in [0.4, 0.5) is 5.95 Å². The van der Waals surface area contributed by atoms with Gasteiger partial charge in [0.05, 0.1) is 17.2 Å². The average Bonchev–Trinajstić information content (AvgIpc) is 3.27. The van der Waals surface area contributed by atoms with Crippen LogP contribution in [0.15, 0.2) is 54.6 Å². The van der Waals surface area contributed by atoms with Crippen molar-refractivity contribution >= 4 is 64.4 Å². The van der Waals surface area contributed by atoms with Crippen LogP contribution in [0.1, 0.15) is 26.0 Å². The fraction of sp³-hybridized carbons (Fsp3) is 0.370. The van der Waals surface area contributed by atoms with E-state index in [9.17, 15) is 4.79 Å². The Kier molecular flexibility index (Phi) is 10.8. The van der Waals surface area contributed by atoms with Crippen molar-refractivity contribution in [2.75, 3.05) is 38.2 Å². The van der Waals surface area contributed by atoms with Gasteiger partial charge in [0.1, 0.15) is 0 Å². The van der Waals surface area contributed by atoms with Crippen molar-refractivity contribution < 1.29 is 9.53 Å². The maximum atomic E-state index is 12.6. The topological polar surface area (TPSA) is 86.4 Å². The highest BCUT2D eigenvalue weighted by molar-refractivity contribution is 6.42. The van der Waals surface area contributed by atoms with Crippen LogP contribution in [0.2, 0.25) is 10.0 Å². The normalized spacial score (nSPS) is 18.6. The summed E-state index contributed by atoms with van der Waals surface area (Å²) >= 11 is 12.2. The number of piperazine rings is 1. The van der Waals surface area contributed by atoms with Gasteiger partial charge in [-0.15, -0.1) is 12.4 Å². The molecule has 3 heterocycles. The molecule has 38 heavy (non-hydrogen) atoms. The molecule has 2 N–H and O–H groups in total. The Labute approximate surface area is 239 Å². The van der Waals surface area contributed by atoms with Crippen molar-refractivity contribution in [1.82, 2.24) is 25.2 Å². The summed E-state index contributed by atoms with van der Waals surface area (Å²) in [5, 5.41) is 4.93. The fourth-order valence-electron chi connectivity index (χ4n) is 4.68. The molecule has 2 aromatic heterocycles. The number of carbonyl (C=O) groups excluding carboxylic acids is 1. The van der Waals surface area contributed by atoms with E-state index >= 15 is 0 Å². The summed E-state index contributed by atoms with van der Waals surface area (Å²) in [5.74, 6) is 0.783. The standard InChI is InChI=1S/C27H32Cl2N6O2.ClH/c1-18-16-34(27-31-9-5-10-32-27)17-19(2)35(18)12-6-11-30-26(36)25(37-3)8-4-7-21-13-20-14-22(28)23(29)15-24(20)33-21;/h4-5,7-10,13-15,18-19,33H,6,11-12,16-17H2,1-3H3,(H,30,36);1H/b7-4+,25-8+;. The van der Waals surface area contributed by atoms with Crippen molar-refractivity contribution in [1.29, 1.82) is 0 Å². The van der Waals surface area contributed by atoms with E-state index in [0.717, 1.165) is 48.6 Å². The highest BCUT2D eigenvalue weighted by Crippen LogP contribution is 2.28. The molecule has 0 radical (unpaired) electrons. The number of rotatable bonds is 9. The van der Waals surface area contributed by atoms with Crippen LogP contribution in [0.3, 0.4) is 0 Å². The molecule has 1 saturated heterocycles. The van der Waals surface area contributed by atoms with Gasteiger partial charge in [-0.3, -0.25) is 9.69 Å². The van der Waals surface area contributed by atoms with Crippen LogP contribution in [0.5, 0.6) is 0 Å². The Balaban J connectivity index is 0.00000400. The minimum absolute atomic E-state index is 0. The molecular formula is C27H33Cl3N6O2. The lowest BCUT2D eigenvalue weighted by Gasteiger charge is -2.44. The number of nitrogens with one attached hydrogen (secondary N) is 2. The second kappa shape index (κ2) is 13.8. The van der Waals surface area contributed by atoms with Gasteiger partial charge in [0.25, 0.3) is 5.91 Å². The van der Waals surface area contributed by atoms with Gasteiger partial charge in [-0.2, -0.15) is 0 Å². The highest BCUT2D eigenvalue weighted by atomic mass is 35.5. The number of halogens is 3. The third kappa shape index (κ3) is 7.41. The van der Waals surface area contributed by atoms with E-state index in [2.05, 4.69) is 43.9 Å². The van der Waals surface area contributed by atoms with Crippen molar-refractivity contribution in [3.63, 3.8) is 0 Å². The molecular weight excluding hydrogens is 547 g/mol. The molecule has 0 spiro atoms. The summed E-state index contributed by atoms with van der Waals surface area (Å²) in [4.78, 5) is 29.3. The maximum absolute atomic E-state index is 12.6. The second-order valence-corrected chi connectivity index (χ2v) is 9.99. The lowest BCUT2D eigenvalue weighted by molar-refractivity contribution is -0.120. The molecule has 3 aromatic rings. The first-order valence-electron chi connectivity index (χ1n) is 12.3. The van der Waals surface area contributed by atoms with Crippen molar-refractivity contribution in [3.8, 4) is 0 Å². The molecule has 204 valence electrons. The molecule has 2 atom stereocenters. The third-order valence-electron chi connectivity index (χ3n) is 6.46. The molecule has 2 unspecified atom stereocenters. The number of methoxy groups -OCH3 is 1. The maximum Gasteiger partial charge on any atom is 0.286 e. The number of fused-ring (bicyclic) bond motifs is 1. The van der Waals surface area contributed by atoms with Gasteiger partial charge in [0.2, 0.25) is 5.95 Å². The number of aromatic nitrogens is 3. The summed E-state index contributed by atoms with van der Waals surface area (Å²) < 4.78 is 5.30. The first-order chi connectivity index (χ1) is 17.9. The number of anilines is 1. The van der Waals surface area contributed by atoms with Crippen molar-refractivity contribution in [2.24, 2.45) is 0 Å². The van der Waals surface area contributed by atoms with Gasteiger partial charge in [0, 0.05) is 67.3 Å². The number of benzene rings is 1. The monoisotopic (exact) mass is 578 g/mol. The molecule has 8 nitrogen and oxygen atoms in total. The van der Waals surface area contributed by atoms with Gasteiger partial charge in [-0.05, 0) is 56.7 Å². The molecule has 1 aliphatic rings. The Hall–Kier alpha value is -2.78. The Morgan fingerprint density at radius 1 is 1.16 bits per heavy atom. The lowest BCUT2D eigenvalue weighted by Crippen LogP contribution is -2.57. The molecule has 1 aromatic carbocycles. The molecule has 1 amide bonds. The summed E-state index contributed by atoms with van der Waals surface area (Å²) in [5.41, 5.74) is 1.75. The zero-order valence-corrected chi connectivity index (χ0v) is 24.0. The minimum atomic E-state index is -0.241. The number of ether oxygens (including phenoxy) is 1. The van der Waals surface area contributed by atoms with Crippen LogP contribution in [0.25, 0.3) is 17.0 Å². The fourth-order valence-corrected chi connectivity index (χ4v) is 5.02. The Morgan fingerprint density at radius 3 is 2.53 bits per heavy atom. The predicted octanol–water partition coefficient (Wildman–Crippen LogP) is 5.34. The highest BCUT2D eigenvalue weighted by Gasteiger charge is 2.30. The van der Waals surface area contributed by atoms with Crippen molar-refractivity contribution in [2.45, 2.75) is 32.4 Å². The molecule has 4 rings (SSSR count). The number of nitrogens with zero attached hydrogens (tertiary/aromatic N) is 4. The zero-order chi connectivity index (χ0) is 26.4. The average molecular weight is 580 g/mol. The summed E-state index contributed by atoms with van der Waals surface area (Å²) in [6, 6.07) is 8.12. The number of amides is 1. The largest absolute Gasteiger partial charge is 0.491 e. The summed E-state index contributed by atoms with van der Waals surface area (Å²) in [6.45, 7) is 7.65. The van der Waals surface area contributed by atoms with Crippen LogP contribution < -0.4 is 10.2 Å². The summed E-state index contributed by atoms with van der Waals surface area (Å²) in [7, 11) is 1.49. The number of aromatic amines is 1. The Morgan fingerprint density at radius 2 is 1.84 bits per heavy atom. The predicted molar refractivity (Wildman–Crippen MR) is 157 cm³/mol. The third-order valence-corrected chi connectivity index (χ3v) is 7.19. The van der Waals surface area contributed by atoms with Gasteiger partial charge >= 0.3 is 0 Å². The molecule has 1 aliphatic heterocycles. The molecule has 11 heteroatoms. The first kappa shape index (κ1) is 29.8. The number of hydrogen-bond acceptors (Lipinski definition) is 6. The van der Waals surface area contributed by atoms with E-state index in [4.69, 9.17) is 27.9 Å². The SMILES string of the molecule is CO/C(=C/C=C/c1cc2cc(Cl)c(Cl)cc2[nH]1)C(=O)NCCCN1C(C)CN(c2ncccn2)CC1C.Cl. The Bertz CT molecular complexity index is 1230. The van der Waals surface area contributed by atoms with Crippen molar-refractivity contribution in [3.05, 3.63) is 70.3 Å². The number of hydrogen-bond donors (Lipinski definition) is 2. The van der Waals surface area contributed by atoms with E-state index in [1.165, 1.54) is 7.11 Å². The molecule has 0 saturated carbocycles.